The van der Waals surface area contributed by atoms with E-state index in [1.165, 1.54) is 17.2 Å². The van der Waals surface area contributed by atoms with Crippen molar-refractivity contribution in [1.82, 2.24) is 0 Å². The van der Waals surface area contributed by atoms with E-state index in [4.69, 9.17) is 0 Å². The summed E-state index contributed by atoms with van der Waals surface area (Å²) in [6.07, 6.45) is 5.54. The van der Waals surface area contributed by atoms with Crippen LogP contribution in [0.5, 0.6) is 0 Å². The molecule has 0 bridgehead atoms. The zero-order valence-corrected chi connectivity index (χ0v) is 8.90. The molecule has 12 heavy (non-hydrogen) atoms. The van der Waals surface area contributed by atoms with Crippen LogP contribution in [-0.2, 0) is 0 Å². The van der Waals surface area contributed by atoms with Gasteiger partial charge < -0.3 is 0 Å². The first-order chi connectivity index (χ1) is 5.72. The standard InChI is InChI=1S/C10H17NS/c1-4-9-7-12-10(11-9)6-5-8(2)3/h5-6,8-9H,4,7H2,1-3H3/b6-5+. The van der Waals surface area contributed by atoms with Gasteiger partial charge in [0.15, 0.2) is 0 Å². The molecular formula is C10H17NS. The molecule has 0 N–H and O–H groups in total. The Kier molecular flexibility index (Phi) is 3.86. The summed E-state index contributed by atoms with van der Waals surface area (Å²) in [5.41, 5.74) is 0. The van der Waals surface area contributed by atoms with E-state index in [1.807, 2.05) is 11.8 Å². The predicted octanol–water partition coefficient (Wildman–Crippen LogP) is 3.12. The van der Waals surface area contributed by atoms with Gasteiger partial charge in [0.2, 0.25) is 0 Å². The highest BCUT2D eigenvalue weighted by molar-refractivity contribution is 8.14. The molecule has 0 saturated carbocycles. The second-order valence-corrected chi connectivity index (χ2v) is 4.48. The molecule has 68 valence electrons. The van der Waals surface area contributed by atoms with E-state index in [2.05, 4.69) is 37.9 Å². The fourth-order valence-electron chi connectivity index (χ4n) is 1.01. The van der Waals surface area contributed by atoms with Crippen LogP contribution in [-0.4, -0.2) is 16.8 Å². The monoisotopic (exact) mass is 183 g/mol. The third kappa shape index (κ3) is 3.02. The molecule has 0 amide bonds. The highest BCUT2D eigenvalue weighted by Crippen LogP contribution is 2.20. The second-order valence-electron chi connectivity index (χ2n) is 3.44. The maximum Gasteiger partial charge on any atom is 0.0905 e. The lowest BCUT2D eigenvalue weighted by molar-refractivity contribution is 0.738. The number of thioether (sulfide) groups is 1. The van der Waals surface area contributed by atoms with Gasteiger partial charge in [-0.25, -0.2) is 0 Å². The molecule has 0 fully saturated rings. The molecule has 0 aromatic rings. The normalized spacial score (nSPS) is 24.0. The average Bonchev–Trinajstić information content (AvgIpc) is 2.48. The smallest absolute Gasteiger partial charge is 0.0905 e. The van der Waals surface area contributed by atoms with E-state index in [1.54, 1.807) is 0 Å². The number of allylic oxidation sites excluding steroid dienone is 1. The highest BCUT2D eigenvalue weighted by atomic mass is 32.2. The summed E-state index contributed by atoms with van der Waals surface area (Å²) in [4.78, 5) is 4.57. The van der Waals surface area contributed by atoms with Gasteiger partial charge in [0, 0.05) is 5.75 Å². The van der Waals surface area contributed by atoms with E-state index in [0.717, 1.165) is 0 Å². The quantitative estimate of drug-likeness (QED) is 0.655. The summed E-state index contributed by atoms with van der Waals surface area (Å²) in [6.45, 7) is 6.58. The van der Waals surface area contributed by atoms with Crippen molar-refractivity contribution < 1.29 is 0 Å². The second kappa shape index (κ2) is 4.70. The Labute approximate surface area is 79.3 Å². The van der Waals surface area contributed by atoms with Crippen LogP contribution in [0.15, 0.2) is 17.1 Å². The molecule has 0 aromatic heterocycles. The fourth-order valence-corrected chi connectivity index (χ4v) is 2.08. The van der Waals surface area contributed by atoms with Gasteiger partial charge in [0.1, 0.15) is 0 Å². The maximum absolute atomic E-state index is 4.57. The first-order valence-corrected chi connectivity index (χ1v) is 5.59. The summed E-state index contributed by atoms with van der Waals surface area (Å²) in [5.74, 6) is 1.81. The third-order valence-corrected chi connectivity index (χ3v) is 2.92. The van der Waals surface area contributed by atoms with Gasteiger partial charge in [0.05, 0.1) is 11.1 Å². The van der Waals surface area contributed by atoms with Crippen molar-refractivity contribution in [3.05, 3.63) is 12.2 Å². The molecule has 0 aliphatic carbocycles. The van der Waals surface area contributed by atoms with Crippen LogP contribution >= 0.6 is 11.8 Å². The van der Waals surface area contributed by atoms with Crippen LogP contribution in [0, 0.1) is 5.92 Å². The molecular weight excluding hydrogens is 166 g/mol. The van der Waals surface area contributed by atoms with Crippen molar-refractivity contribution in [3.8, 4) is 0 Å². The zero-order chi connectivity index (χ0) is 8.97. The fraction of sp³-hybridized carbons (Fsp3) is 0.700. The summed E-state index contributed by atoms with van der Waals surface area (Å²) in [5, 5.41) is 1.22. The van der Waals surface area contributed by atoms with E-state index >= 15 is 0 Å². The molecule has 1 heterocycles. The minimum atomic E-state index is 0.571. The third-order valence-electron chi connectivity index (χ3n) is 1.83. The number of aliphatic imine (C=N–C) groups is 1. The van der Waals surface area contributed by atoms with E-state index < -0.39 is 0 Å². The summed E-state index contributed by atoms with van der Waals surface area (Å²) >= 11 is 1.88. The van der Waals surface area contributed by atoms with Crippen LogP contribution < -0.4 is 0 Å². The largest absolute Gasteiger partial charge is 0.274 e. The van der Waals surface area contributed by atoms with Crippen LogP contribution in [0.1, 0.15) is 27.2 Å². The highest BCUT2D eigenvalue weighted by Gasteiger charge is 2.13. The van der Waals surface area contributed by atoms with Crippen molar-refractivity contribution in [3.63, 3.8) is 0 Å². The summed E-state index contributed by atoms with van der Waals surface area (Å²) in [7, 11) is 0. The Balaban J connectivity index is 2.44. The van der Waals surface area contributed by atoms with Crippen LogP contribution in [0.25, 0.3) is 0 Å². The molecule has 2 heteroatoms. The Bertz CT molecular complexity index is 194. The summed E-state index contributed by atoms with van der Waals surface area (Å²) < 4.78 is 0. The zero-order valence-electron chi connectivity index (χ0n) is 8.08. The molecule has 1 atom stereocenters. The number of hydrogen-bond acceptors (Lipinski definition) is 2. The first kappa shape index (κ1) is 9.85. The van der Waals surface area contributed by atoms with Gasteiger partial charge >= 0.3 is 0 Å². The number of rotatable bonds is 3. The Morgan fingerprint density at radius 2 is 2.42 bits per heavy atom. The molecule has 1 aliphatic rings. The van der Waals surface area contributed by atoms with E-state index in [0.29, 0.717) is 12.0 Å². The lowest BCUT2D eigenvalue weighted by atomic mass is 10.2. The molecule has 1 aliphatic heterocycles. The van der Waals surface area contributed by atoms with Crippen molar-refractivity contribution in [2.75, 3.05) is 5.75 Å². The predicted molar refractivity (Wildman–Crippen MR) is 58.0 cm³/mol. The van der Waals surface area contributed by atoms with Gasteiger partial charge in [-0.2, -0.15) is 0 Å². The van der Waals surface area contributed by atoms with Crippen molar-refractivity contribution >= 4 is 16.8 Å². The topological polar surface area (TPSA) is 12.4 Å². The van der Waals surface area contributed by atoms with Crippen LogP contribution in [0.3, 0.4) is 0 Å². The maximum atomic E-state index is 4.57. The summed E-state index contributed by atoms with van der Waals surface area (Å²) in [6, 6.07) is 0.571. The lowest BCUT2D eigenvalue weighted by Crippen LogP contribution is -1.99. The van der Waals surface area contributed by atoms with Crippen LogP contribution in [0.4, 0.5) is 0 Å². The van der Waals surface area contributed by atoms with Crippen molar-refractivity contribution in [1.29, 1.82) is 0 Å². The molecule has 0 saturated heterocycles. The molecule has 0 radical (unpaired) electrons. The number of hydrogen-bond donors (Lipinski definition) is 0. The Morgan fingerprint density at radius 3 is 2.92 bits per heavy atom. The number of nitrogens with zero attached hydrogens (tertiary/aromatic N) is 1. The average molecular weight is 183 g/mol. The molecule has 1 rings (SSSR count). The van der Waals surface area contributed by atoms with E-state index in [-0.39, 0.29) is 0 Å². The van der Waals surface area contributed by atoms with Gasteiger partial charge in [-0.15, -0.1) is 11.8 Å². The molecule has 0 aromatic carbocycles. The van der Waals surface area contributed by atoms with Gasteiger partial charge in [-0.05, 0) is 18.4 Å². The lowest BCUT2D eigenvalue weighted by Gasteiger charge is -1.96. The molecule has 1 unspecified atom stereocenters. The van der Waals surface area contributed by atoms with Crippen molar-refractivity contribution in [2.45, 2.75) is 33.2 Å². The van der Waals surface area contributed by atoms with Crippen LogP contribution in [0.2, 0.25) is 0 Å². The minimum absolute atomic E-state index is 0.571. The van der Waals surface area contributed by atoms with Gasteiger partial charge in [0.25, 0.3) is 0 Å². The van der Waals surface area contributed by atoms with Gasteiger partial charge in [-0.1, -0.05) is 26.8 Å². The first-order valence-electron chi connectivity index (χ1n) is 4.61. The van der Waals surface area contributed by atoms with E-state index in [9.17, 15) is 0 Å². The minimum Gasteiger partial charge on any atom is -0.274 e. The van der Waals surface area contributed by atoms with Gasteiger partial charge in [-0.3, -0.25) is 4.99 Å². The van der Waals surface area contributed by atoms with Crippen molar-refractivity contribution in [2.24, 2.45) is 10.9 Å². The Hall–Kier alpha value is -0.240. The Morgan fingerprint density at radius 1 is 1.67 bits per heavy atom. The SMILES string of the molecule is CCC1CSC(/C=C/C(C)C)=N1. The molecule has 1 nitrogen and oxygen atoms in total. The molecule has 0 spiro atoms.